The first-order valence-electron chi connectivity index (χ1n) is 6.03. The van der Waals surface area contributed by atoms with Crippen LogP contribution in [0, 0.1) is 0 Å². The summed E-state index contributed by atoms with van der Waals surface area (Å²) in [6.45, 7) is 7.70. The number of rotatable bonds is 6. The monoisotopic (exact) mass is 238 g/mol. The maximum absolute atomic E-state index is 8.95. The van der Waals surface area contributed by atoms with Crippen LogP contribution in [0.1, 0.15) is 32.5 Å². The Balaban J connectivity index is 3.02. The van der Waals surface area contributed by atoms with Gasteiger partial charge in [0.2, 0.25) is 0 Å². The molecule has 1 aromatic heterocycles. The first-order valence-corrected chi connectivity index (χ1v) is 6.03. The minimum atomic E-state index is 0.119. The van der Waals surface area contributed by atoms with E-state index in [9.17, 15) is 0 Å². The third kappa shape index (κ3) is 3.85. The lowest BCUT2D eigenvalue weighted by molar-refractivity contribution is 0.304. The number of aromatic nitrogens is 2. The van der Waals surface area contributed by atoms with Gasteiger partial charge >= 0.3 is 0 Å². The Morgan fingerprint density at radius 1 is 1.41 bits per heavy atom. The minimum absolute atomic E-state index is 0.119. The van der Waals surface area contributed by atoms with Crippen molar-refractivity contribution in [2.45, 2.75) is 26.7 Å². The normalized spacial score (nSPS) is 10.7. The van der Waals surface area contributed by atoms with Gasteiger partial charge in [0, 0.05) is 32.1 Å². The second-order valence-electron chi connectivity index (χ2n) is 4.30. The molecule has 0 saturated carbocycles. The zero-order chi connectivity index (χ0) is 12.8. The van der Waals surface area contributed by atoms with E-state index in [0.29, 0.717) is 6.54 Å². The maximum Gasteiger partial charge on any atom is 0.135 e. The highest BCUT2D eigenvalue weighted by atomic mass is 16.3. The summed E-state index contributed by atoms with van der Waals surface area (Å²) >= 11 is 0. The Kier molecular flexibility index (Phi) is 5.15. The van der Waals surface area contributed by atoms with Gasteiger partial charge in [0.25, 0.3) is 0 Å². The van der Waals surface area contributed by atoms with E-state index < -0.39 is 0 Å². The summed E-state index contributed by atoms with van der Waals surface area (Å²) in [5, 5.41) is 12.1. The van der Waals surface area contributed by atoms with Crippen LogP contribution in [0.4, 0.5) is 11.6 Å². The molecule has 1 aromatic rings. The molecule has 0 aliphatic carbocycles. The topological polar surface area (TPSA) is 61.3 Å². The van der Waals surface area contributed by atoms with E-state index in [0.717, 1.165) is 24.0 Å². The molecule has 0 bridgehead atoms. The van der Waals surface area contributed by atoms with Gasteiger partial charge in [0.15, 0.2) is 0 Å². The molecule has 5 heteroatoms. The molecule has 0 aliphatic rings. The Morgan fingerprint density at radius 3 is 2.65 bits per heavy atom. The molecule has 2 N–H and O–H groups in total. The molecule has 0 saturated heterocycles. The second kappa shape index (κ2) is 6.39. The zero-order valence-corrected chi connectivity index (χ0v) is 11.1. The van der Waals surface area contributed by atoms with Crippen LogP contribution in [0.3, 0.4) is 0 Å². The van der Waals surface area contributed by atoms with Crippen molar-refractivity contribution in [1.82, 2.24) is 9.97 Å². The quantitative estimate of drug-likeness (QED) is 0.785. The SMILES string of the molecule is CCNc1cc(N(C)CCO)nc(C(C)C)n1. The van der Waals surface area contributed by atoms with E-state index in [4.69, 9.17) is 5.11 Å². The molecule has 96 valence electrons. The van der Waals surface area contributed by atoms with Crippen molar-refractivity contribution in [1.29, 1.82) is 0 Å². The van der Waals surface area contributed by atoms with Crippen molar-refractivity contribution < 1.29 is 5.11 Å². The van der Waals surface area contributed by atoms with Crippen molar-refractivity contribution in [2.24, 2.45) is 0 Å². The van der Waals surface area contributed by atoms with Crippen LogP contribution in [0.25, 0.3) is 0 Å². The highest BCUT2D eigenvalue weighted by Gasteiger charge is 2.10. The van der Waals surface area contributed by atoms with Gasteiger partial charge in [-0.05, 0) is 6.92 Å². The van der Waals surface area contributed by atoms with Crippen molar-refractivity contribution >= 4 is 11.6 Å². The smallest absolute Gasteiger partial charge is 0.135 e. The van der Waals surface area contributed by atoms with Gasteiger partial charge in [-0.1, -0.05) is 13.8 Å². The molecule has 0 amide bonds. The van der Waals surface area contributed by atoms with E-state index in [1.165, 1.54) is 0 Å². The van der Waals surface area contributed by atoms with Crippen LogP contribution in [0.2, 0.25) is 0 Å². The van der Waals surface area contributed by atoms with Gasteiger partial charge in [-0.15, -0.1) is 0 Å². The van der Waals surface area contributed by atoms with Gasteiger partial charge in [0.05, 0.1) is 6.61 Å². The van der Waals surface area contributed by atoms with Crippen molar-refractivity contribution in [3.05, 3.63) is 11.9 Å². The molecular weight excluding hydrogens is 216 g/mol. The molecule has 1 rings (SSSR count). The first kappa shape index (κ1) is 13.7. The van der Waals surface area contributed by atoms with Crippen LogP contribution >= 0.6 is 0 Å². The van der Waals surface area contributed by atoms with Crippen LogP contribution < -0.4 is 10.2 Å². The number of aliphatic hydroxyl groups is 1. The van der Waals surface area contributed by atoms with Crippen LogP contribution in [-0.4, -0.2) is 41.8 Å². The molecular formula is C12H22N4O. The number of hydrogen-bond acceptors (Lipinski definition) is 5. The summed E-state index contributed by atoms with van der Waals surface area (Å²) in [5.41, 5.74) is 0. The van der Waals surface area contributed by atoms with Gasteiger partial charge in [0.1, 0.15) is 17.5 Å². The first-order chi connectivity index (χ1) is 8.08. The summed E-state index contributed by atoms with van der Waals surface area (Å²) in [6.07, 6.45) is 0. The molecule has 1 heterocycles. The highest BCUT2D eigenvalue weighted by molar-refractivity contribution is 5.49. The highest BCUT2D eigenvalue weighted by Crippen LogP contribution is 2.18. The summed E-state index contributed by atoms with van der Waals surface area (Å²) < 4.78 is 0. The fourth-order valence-electron chi connectivity index (χ4n) is 1.44. The summed E-state index contributed by atoms with van der Waals surface area (Å²) in [7, 11) is 1.92. The fraction of sp³-hybridized carbons (Fsp3) is 0.667. The molecule has 0 unspecified atom stereocenters. The minimum Gasteiger partial charge on any atom is -0.395 e. The maximum atomic E-state index is 8.95. The molecule has 0 fully saturated rings. The average Bonchev–Trinajstić information content (AvgIpc) is 2.29. The lowest BCUT2D eigenvalue weighted by atomic mass is 10.2. The van der Waals surface area contributed by atoms with Gasteiger partial charge < -0.3 is 15.3 Å². The summed E-state index contributed by atoms with van der Waals surface area (Å²) in [6, 6.07) is 1.91. The Morgan fingerprint density at radius 2 is 2.12 bits per heavy atom. The Hall–Kier alpha value is -1.36. The number of likely N-dealkylation sites (N-methyl/N-ethyl adjacent to an activating group) is 1. The molecule has 0 aliphatic heterocycles. The second-order valence-corrected chi connectivity index (χ2v) is 4.30. The van der Waals surface area contributed by atoms with Crippen molar-refractivity contribution in [2.75, 3.05) is 37.0 Å². The predicted molar refractivity (Wildman–Crippen MR) is 70.6 cm³/mol. The number of hydrogen-bond donors (Lipinski definition) is 2. The fourth-order valence-corrected chi connectivity index (χ4v) is 1.44. The number of aliphatic hydroxyl groups excluding tert-OH is 1. The van der Waals surface area contributed by atoms with Crippen LogP contribution in [0.15, 0.2) is 6.07 Å². The summed E-state index contributed by atoms with van der Waals surface area (Å²) in [4.78, 5) is 10.9. The van der Waals surface area contributed by atoms with Gasteiger partial charge in [-0.3, -0.25) is 0 Å². The molecule has 0 aromatic carbocycles. The molecule has 0 atom stereocenters. The van der Waals surface area contributed by atoms with E-state index in [1.807, 2.05) is 24.9 Å². The Labute approximate surface area is 103 Å². The van der Waals surface area contributed by atoms with Crippen molar-refractivity contribution in [3.63, 3.8) is 0 Å². The summed E-state index contributed by atoms with van der Waals surface area (Å²) in [5.74, 6) is 2.79. The van der Waals surface area contributed by atoms with Crippen LogP contribution in [0.5, 0.6) is 0 Å². The predicted octanol–water partition coefficient (Wildman–Crippen LogP) is 1.46. The molecule has 17 heavy (non-hydrogen) atoms. The van der Waals surface area contributed by atoms with E-state index in [1.54, 1.807) is 0 Å². The zero-order valence-electron chi connectivity index (χ0n) is 11.1. The average molecular weight is 238 g/mol. The lowest BCUT2D eigenvalue weighted by Crippen LogP contribution is -2.23. The van der Waals surface area contributed by atoms with Crippen LogP contribution in [-0.2, 0) is 0 Å². The Bertz CT molecular complexity index is 354. The molecule has 0 spiro atoms. The lowest BCUT2D eigenvalue weighted by Gasteiger charge is -2.19. The number of nitrogens with zero attached hydrogens (tertiary/aromatic N) is 3. The molecule has 5 nitrogen and oxygen atoms in total. The number of anilines is 2. The number of nitrogens with one attached hydrogen (secondary N) is 1. The van der Waals surface area contributed by atoms with E-state index >= 15 is 0 Å². The molecule has 0 radical (unpaired) electrons. The largest absolute Gasteiger partial charge is 0.395 e. The van der Waals surface area contributed by atoms with Gasteiger partial charge in [-0.25, -0.2) is 9.97 Å². The van der Waals surface area contributed by atoms with E-state index in [-0.39, 0.29) is 12.5 Å². The third-order valence-corrected chi connectivity index (χ3v) is 2.43. The standard InChI is InChI=1S/C12H22N4O/c1-5-13-10-8-11(16(4)6-7-17)15-12(14-10)9(2)3/h8-9,17H,5-7H2,1-4H3,(H,13,14,15). The van der Waals surface area contributed by atoms with Gasteiger partial charge in [-0.2, -0.15) is 0 Å². The third-order valence-electron chi connectivity index (χ3n) is 2.43. The van der Waals surface area contributed by atoms with E-state index in [2.05, 4.69) is 29.1 Å². The van der Waals surface area contributed by atoms with Crippen molar-refractivity contribution in [3.8, 4) is 0 Å².